The minimum absolute atomic E-state index is 0.0158. The van der Waals surface area contributed by atoms with Gasteiger partial charge in [-0.2, -0.15) is 0 Å². The van der Waals surface area contributed by atoms with E-state index in [1.165, 1.54) is 18.2 Å². The first-order valence-corrected chi connectivity index (χ1v) is 7.59. The second-order valence-electron chi connectivity index (χ2n) is 4.40. The van der Waals surface area contributed by atoms with E-state index < -0.39 is 27.3 Å². The van der Waals surface area contributed by atoms with Crippen LogP contribution in [-0.4, -0.2) is 14.7 Å². The fourth-order valence-corrected chi connectivity index (χ4v) is 2.32. The predicted octanol–water partition coefficient (Wildman–Crippen LogP) is 2.83. The zero-order chi connectivity index (χ0) is 15.8. The molecule has 0 saturated carbocycles. The van der Waals surface area contributed by atoms with E-state index in [1.54, 1.807) is 0 Å². The Morgan fingerprint density at radius 1 is 1.05 bits per heavy atom. The van der Waals surface area contributed by atoms with E-state index in [0.717, 1.165) is 18.4 Å². The maximum atomic E-state index is 13.1. The molecule has 0 saturated heterocycles. The van der Waals surface area contributed by atoms with Gasteiger partial charge >= 0.3 is 0 Å². The summed E-state index contributed by atoms with van der Waals surface area (Å²) in [6, 6.07) is 5.40. The monoisotopic (exact) mass is 316 g/mol. The summed E-state index contributed by atoms with van der Waals surface area (Å²) in [5, 5.41) is 2.59. The van der Waals surface area contributed by atoms with Crippen molar-refractivity contribution in [2.45, 2.75) is 4.90 Å². The molecule has 21 heavy (non-hydrogen) atoms. The molecule has 0 spiro atoms. The van der Waals surface area contributed by atoms with Gasteiger partial charge in [-0.1, -0.05) is 0 Å². The number of benzene rings is 2. The van der Waals surface area contributed by atoms with Gasteiger partial charge in [0.15, 0.2) is 27.3 Å². The molecule has 2 aromatic carbocycles. The van der Waals surface area contributed by atoms with E-state index in [4.69, 9.17) is 5.73 Å². The van der Waals surface area contributed by atoms with Gasteiger partial charge in [-0.25, -0.2) is 21.6 Å². The highest BCUT2D eigenvalue weighted by atomic mass is 32.2. The lowest BCUT2D eigenvalue weighted by Gasteiger charge is -2.11. The number of hydrogen-bond donors (Lipinski definition) is 2. The third-order valence-electron chi connectivity index (χ3n) is 2.71. The Morgan fingerprint density at radius 2 is 1.62 bits per heavy atom. The van der Waals surface area contributed by atoms with Crippen molar-refractivity contribution < 1.29 is 21.6 Å². The Bertz CT molecular complexity index is 784. The van der Waals surface area contributed by atoms with E-state index >= 15 is 0 Å². The SMILES string of the molecule is CS(=O)(=O)c1ccc(Nc2cc(F)c(F)c(F)c2)c(N)c1. The van der Waals surface area contributed by atoms with Crippen LogP contribution in [0.3, 0.4) is 0 Å². The van der Waals surface area contributed by atoms with Crippen LogP contribution in [-0.2, 0) is 9.84 Å². The zero-order valence-electron chi connectivity index (χ0n) is 10.8. The van der Waals surface area contributed by atoms with Crippen LogP contribution in [0.4, 0.5) is 30.2 Å². The average molecular weight is 316 g/mol. The Hall–Kier alpha value is -2.22. The number of nitrogens with one attached hydrogen (secondary N) is 1. The Labute approximate surface area is 119 Å². The molecule has 4 nitrogen and oxygen atoms in total. The molecule has 0 amide bonds. The average Bonchev–Trinajstić information content (AvgIpc) is 2.37. The number of nitrogen functional groups attached to an aromatic ring is 1. The summed E-state index contributed by atoms with van der Waals surface area (Å²) in [6.07, 6.45) is 1.03. The Balaban J connectivity index is 2.37. The summed E-state index contributed by atoms with van der Waals surface area (Å²) in [5.74, 6) is -4.26. The number of nitrogens with two attached hydrogens (primary N) is 1. The van der Waals surface area contributed by atoms with Gasteiger partial charge in [-0.15, -0.1) is 0 Å². The first kappa shape index (κ1) is 15.2. The van der Waals surface area contributed by atoms with Crippen molar-refractivity contribution in [3.8, 4) is 0 Å². The van der Waals surface area contributed by atoms with Gasteiger partial charge in [-0.05, 0) is 18.2 Å². The Kier molecular flexibility index (Phi) is 3.82. The van der Waals surface area contributed by atoms with Gasteiger partial charge < -0.3 is 11.1 Å². The summed E-state index contributed by atoms with van der Waals surface area (Å²) in [4.78, 5) is 0.0158. The highest BCUT2D eigenvalue weighted by Gasteiger charge is 2.13. The van der Waals surface area contributed by atoms with Crippen LogP contribution in [0.1, 0.15) is 0 Å². The molecule has 8 heteroatoms. The quantitative estimate of drug-likeness (QED) is 0.675. The maximum absolute atomic E-state index is 13.1. The number of anilines is 3. The second kappa shape index (κ2) is 5.28. The Morgan fingerprint density at radius 3 is 2.10 bits per heavy atom. The normalized spacial score (nSPS) is 11.4. The minimum Gasteiger partial charge on any atom is -0.397 e. The van der Waals surface area contributed by atoms with Crippen molar-refractivity contribution in [1.29, 1.82) is 0 Å². The van der Waals surface area contributed by atoms with Gasteiger partial charge in [0.25, 0.3) is 0 Å². The smallest absolute Gasteiger partial charge is 0.194 e. The third kappa shape index (κ3) is 3.27. The topological polar surface area (TPSA) is 72.2 Å². The van der Waals surface area contributed by atoms with E-state index in [9.17, 15) is 21.6 Å². The third-order valence-corrected chi connectivity index (χ3v) is 3.82. The van der Waals surface area contributed by atoms with Crippen LogP contribution in [0.5, 0.6) is 0 Å². The van der Waals surface area contributed by atoms with Gasteiger partial charge in [-0.3, -0.25) is 0 Å². The molecular formula is C13H11F3N2O2S. The summed E-state index contributed by atoms with van der Waals surface area (Å²) in [6.45, 7) is 0. The lowest BCUT2D eigenvalue weighted by molar-refractivity contribution is 0.448. The van der Waals surface area contributed by atoms with Crippen LogP contribution >= 0.6 is 0 Å². The van der Waals surface area contributed by atoms with Crippen LogP contribution in [0.25, 0.3) is 0 Å². The number of rotatable bonds is 3. The molecule has 0 bridgehead atoms. The first-order chi connectivity index (χ1) is 9.68. The summed E-state index contributed by atoms with van der Waals surface area (Å²) >= 11 is 0. The molecule has 0 aliphatic heterocycles. The molecule has 0 atom stereocenters. The summed E-state index contributed by atoms with van der Waals surface area (Å²) < 4.78 is 61.8. The number of sulfone groups is 1. The van der Waals surface area contributed by atoms with E-state index in [1.807, 2.05) is 0 Å². The number of halogens is 3. The minimum atomic E-state index is -3.41. The molecule has 0 aliphatic rings. The van der Waals surface area contributed by atoms with E-state index in [-0.39, 0.29) is 22.0 Å². The van der Waals surface area contributed by atoms with Crippen molar-refractivity contribution in [1.82, 2.24) is 0 Å². The molecule has 0 heterocycles. The van der Waals surface area contributed by atoms with Crippen LogP contribution in [0.2, 0.25) is 0 Å². The predicted molar refractivity (Wildman–Crippen MR) is 73.6 cm³/mol. The van der Waals surface area contributed by atoms with Crippen molar-refractivity contribution in [3.05, 3.63) is 47.8 Å². The van der Waals surface area contributed by atoms with Gasteiger partial charge in [0.2, 0.25) is 0 Å². The van der Waals surface area contributed by atoms with Gasteiger partial charge in [0.1, 0.15) is 0 Å². The van der Waals surface area contributed by atoms with Crippen molar-refractivity contribution >= 4 is 26.9 Å². The standard InChI is InChI=1S/C13H11F3N2O2S/c1-21(19,20)8-2-3-12(11(17)6-8)18-7-4-9(14)13(16)10(15)5-7/h2-6,18H,17H2,1H3. The zero-order valence-corrected chi connectivity index (χ0v) is 11.6. The fourth-order valence-electron chi connectivity index (χ4n) is 1.67. The highest BCUT2D eigenvalue weighted by Crippen LogP contribution is 2.27. The molecular weight excluding hydrogens is 305 g/mol. The molecule has 0 aliphatic carbocycles. The second-order valence-corrected chi connectivity index (χ2v) is 6.42. The van der Waals surface area contributed by atoms with Gasteiger partial charge in [0, 0.05) is 24.1 Å². The molecule has 0 unspecified atom stereocenters. The van der Waals surface area contributed by atoms with Crippen molar-refractivity contribution in [2.24, 2.45) is 0 Å². The lowest BCUT2D eigenvalue weighted by atomic mass is 10.2. The van der Waals surface area contributed by atoms with Crippen molar-refractivity contribution in [2.75, 3.05) is 17.3 Å². The molecule has 112 valence electrons. The lowest BCUT2D eigenvalue weighted by Crippen LogP contribution is -2.02. The van der Waals surface area contributed by atoms with Crippen molar-refractivity contribution in [3.63, 3.8) is 0 Å². The van der Waals surface area contributed by atoms with Crippen LogP contribution in [0, 0.1) is 17.5 Å². The summed E-state index contributed by atoms with van der Waals surface area (Å²) in [5.41, 5.74) is 5.95. The molecule has 0 fully saturated rings. The first-order valence-electron chi connectivity index (χ1n) is 5.69. The van der Waals surface area contributed by atoms with Gasteiger partial charge in [0.05, 0.1) is 16.3 Å². The maximum Gasteiger partial charge on any atom is 0.194 e. The van der Waals surface area contributed by atoms with E-state index in [2.05, 4.69) is 5.32 Å². The van der Waals surface area contributed by atoms with Crippen LogP contribution < -0.4 is 11.1 Å². The molecule has 2 rings (SSSR count). The fraction of sp³-hybridized carbons (Fsp3) is 0.0769. The summed E-state index contributed by atoms with van der Waals surface area (Å²) in [7, 11) is -3.41. The van der Waals surface area contributed by atoms with Crippen LogP contribution in [0.15, 0.2) is 35.2 Å². The molecule has 0 aromatic heterocycles. The number of hydrogen-bond acceptors (Lipinski definition) is 4. The van der Waals surface area contributed by atoms with E-state index in [0.29, 0.717) is 0 Å². The molecule has 0 radical (unpaired) electrons. The molecule has 3 N–H and O–H groups in total. The molecule has 2 aromatic rings. The highest BCUT2D eigenvalue weighted by molar-refractivity contribution is 7.90. The largest absolute Gasteiger partial charge is 0.397 e.